The maximum Gasteiger partial charge on any atom is 0.235 e. The number of nitrogens with one attached hydrogen (secondary N) is 1. The number of nitrogens with zero attached hydrogens (tertiary/aromatic N) is 1. The molecule has 19 heavy (non-hydrogen) atoms. The van der Waals surface area contributed by atoms with Crippen molar-refractivity contribution in [2.75, 3.05) is 19.6 Å². The smallest absolute Gasteiger partial charge is 0.235 e. The molecule has 7 heteroatoms. The monoisotopic (exact) mass is 286 g/mol. The van der Waals surface area contributed by atoms with E-state index in [1.165, 1.54) is 28.6 Å². The molecule has 0 unspecified atom stereocenters. The Balaban J connectivity index is 2.12. The van der Waals surface area contributed by atoms with Gasteiger partial charge in [0.15, 0.2) is 0 Å². The van der Waals surface area contributed by atoms with E-state index in [4.69, 9.17) is 0 Å². The highest BCUT2D eigenvalue weighted by molar-refractivity contribution is 7.88. The Morgan fingerprint density at radius 1 is 1.26 bits per heavy atom. The largest absolute Gasteiger partial charge is 0.355 e. The van der Waals surface area contributed by atoms with Crippen LogP contribution in [0.3, 0.4) is 0 Å². The predicted octanol–water partition coefficient (Wildman–Crippen LogP) is 0.477. The average molecular weight is 286 g/mol. The normalized spacial score (nSPS) is 17.8. The van der Waals surface area contributed by atoms with E-state index in [-0.39, 0.29) is 18.2 Å². The van der Waals surface area contributed by atoms with E-state index in [1.54, 1.807) is 0 Å². The van der Waals surface area contributed by atoms with Crippen LogP contribution < -0.4 is 5.32 Å². The van der Waals surface area contributed by atoms with Crippen LogP contribution in [0.2, 0.25) is 0 Å². The molecular formula is C12H15FN2O3S. The lowest BCUT2D eigenvalue weighted by molar-refractivity contribution is -0.120. The fourth-order valence-electron chi connectivity index (χ4n) is 1.90. The lowest BCUT2D eigenvalue weighted by Gasteiger charge is -2.18. The molecule has 0 spiro atoms. The SMILES string of the molecule is O=C1CN(S(=O)(=O)Cc2ccc(F)cc2)CCCN1. The average Bonchev–Trinajstić information content (AvgIpc) is 2.57. The van der Waals surface area contributed by atoms with E-state index < -0.39 is 15.8 Å². The molecule has 0 bridgehead atoms. The summed E-state index contributed by atoms with van der Waals surface area (Å²) in [5, 5.41) is 2.62. The van der Waals surface area contributed by atoms with Gasteiger partial charge in [0.25, 0.3) is 0 Å². The molecule has 0 radical (unpaired) electrons. The van der Waals surface area contributed by atoms with Crippen LogP contribution in [0, 0.1) is 5.82 Å². The Bertz CT molecular complexity index is 557. The van der Waals surface area contributed by atoms with E-state index in [1.807, 2.05) is 0 Å². The summed E-state index contributed by atoms with van der Waals surface area (Å²) in [5.74, 6) is -0.920. The molecule has 104 valence electrons. The molecule has 1 amide bonds. The van der Waals surface area contributed by atoms with Crippen molar-refractivity contribution in [3.8, 4) is 0 Å². The molecule has 1 aromatic rings. The van der Waals surface area contributed by atoms with Gasteiger partial charge in [0.1, 0.15) is 5.82 Å². The standard InChI is InChI=1S/C12H15FN2O3S/c13-11-4-2-10(3-5-11)9-19(17,18)15-7-1-6-14-12(16)8-15/h2-5H,1,6-9H2,(H,14,16). The third-order valence-electron chi connectivity index (χ3n) is 2.88. The summed E-state index contributed by atoms with van der Waals surface area (Å²) in [7, 11) is -3.56. The number of sulfonamides is 1. The number of carbonyl (C=O) groups is 1. The zero-order valence-corrected chi connectivity index (χ0v) is 11.1. The fraction of sp³-hybridized carbons (Fsp3) is 0.417. The summed E-state index contributed by atoms with van der Waals surface area (Å²) in [5.41, 5.74) is 0.506. The van der Waals surface area contributed by atoms with Crippen molar-refractivity contribution in [2.45, 2.75) is 12.2 Å². The molecule has 1 aromatic carbocycles. The topological polar surface area (TPSA) is 66.5 Å². The van der Waals surface area contributed by atoms with E-state index in [9.17, 15) is 17.6 Å². The van der Waals surface area contributed by atoms with E-state index in [0.29, 0.717) is 25.1 Å². The van der Waals surface area contributed by atoms with Crippen molar-refractivity contribution in [3.63, 3.8) is 0 Å². The van der Waals surface area contributed by atoms with Crippen LogP contribution in [0.4, 0.5) is 4.39 Å². The minimum Gasteiger partial charge on any atom is -0.355 e. The van der Waals surface area contributed by atoms with Gasteiger partial charge in [-0.1, -0.05) is 12.1 Å². The molecule has 0 aliphatic carbocycles. The number of benzene rings is 1. The van der Waals surface area contributed by atoms with Gasteiger partial charge >= 0.3 is 0 Å². The maximum atomic E-state index is 12.8. The van der Waals surface area contributed by atoms with Gasteiger partial charge in [0.2, 0.25) is 15.9 Å². The zero-order valence-electron chi connectivity index (χ0n) is 10.3. The first-order chi connectivity index (χ1) is 8.97. The van der Waals surface area contributed by atoms with Crippen molar-refractivity contribution in [1.29, 1.82) is 0 Å². The first-order valence-corrected chi connectivity index (χ1v) is 7.57. The number of rotatable bonds is 3. The first kappa shape index (κ1) is 14.0. The van der Waals surface area contributed by atoms with Crippen LogP contribution in [0.25, 0.3) is 0 Å². The highest BCUT2D eigenvalue weighted by Crippen LogP contribution is 2.13. The van der Waals surface area contributed by atoms with E-state index in [2.05, 4.69) is 5.32 Å². The van der Waals surface area contributed by atoms with Crippen LogP contribution in [0.1, 0.15) is 12.0 Å². The van der Waals surface area contributed by atoms with Crippen LogP contribution in [-0.2, 0) is 20.6 Å². The first-order valence-electron chi connectivity index (χ1n) is 5.96. The Morgan fingerprint density at radius 3 is 2.63 bits per heavy atom. The number of carbonyl (C=O) groups excluding carboxylic acids is 1. The molecule has 1 aliphatic rings. The minimum atomic E-state index is -3.56. The molecule has 1 N–H and O–H groups in total. The number of hydrogen-bond acceptors (Lipinski definition) is 3. The molecule has 0 aromatic heterocycles. The van der Waals surface area contributed by atoms with Gasteiger partial charge in [0, 0.05) is 13.1 Å². The lowest BCUT2D eigenvalue weighted by Crippen LogP contribution is -2.38. The van der Waals surface area contributed by atoms with Gasteiger partial charge in [0.05, 0.1) is 12.3 Å². The third kappa shape index (κ3) is 3.74. The van der Waals surface area contributed by atoms with Crippen LogP contribution in [-0.4, -0.2) is 38.3 Å². The Labute approximate surface area is 111 Å². The molecule has 1 aliphatic heterocycles. The second-order valence-electron chi connectivity index (χ2n) is 4.42. The fourth-order valence-corrected chi connectivity index (χ4v) is 3.42. The Morgan fingerprint density at radius 2 is 1.95 bits per heavy atom. The molecule has 1 heterocycles. The summed E-state index contributed by atoms with van der Waals surface area (Å²) in [6.45, 7) is 0.660. The van der Waals surface area contributed by atoms with E-state index >= 15 is 0 Å². The van der Waals surface area contributed by atoms with Crippen LogP contribution in [0.15, 0.2) is 24.3 Å². The summed E-state index contributed by atoms with van der Waals surface area (Å²) < 4.78 is 38.3. The molecule has 0 atom stereocenters. The zero-order chi connectivity index (χ0) is 13.9. The highest BCUT2D eigenvalue weighted by atomic mass is 32.2. The number of halogens is 1. The maximum absolute atomic E-state index is 12.8. The molecular weight excluding hydrogens is 271 g/mol. The quantitative estimate of drug-likeness (QED) is 0.879. The highest BCUT2D eigenvalue weighted by Gasteiger charge is 2.26. The van der Waals surface area contributed by atoms with Crippen molar-refractivity contribution < 1.29 is 17.6 Å². The van der Waals surface area contributed by atoms with Gasteiger partial charge in [-0.3, -0.25) is 4.79 Å². The van der Waals surface area contributed by atoms with Gasteiger partial charge in [-0.05, 0) is 24.1 Å². The van der Waals surface area contributed by atoms with Gasteiger partial charge < -0.3 is 5.32 Å². The molecule has 2 rings (SSSR count). The summed E-state index contributed by atoms with van der Waals surface area (Å²) >= 11 is 0. The molecule has 1 saturated heterocycles. The molecule has 1 fully saturated rings. The Hall–Kier alpha value is -1.47. The third-order valence-corrected chi connectivity index (χ3v) is 4.68. The second-order valence-corrected chi connectivity index (χ2v) is 6.39. The Kier molecular flexibility index (Phi) is 4.16. The van der Waals surface area contributed by atoms with Gasteiger partial charge in [-0.25, -0.2) is 12.8 Å². The summed E-state index contributed by atoms with van der Waals surface area (Å²) in [6.07, 6.45) is 0.592. The lowest BCUT2D eigenvalue weighted by atomic mass is 10.2. The van der Waals surface area contributed by atoms with Crippen molar-refractivity contribution >= 4 is 15.9 Å². The van der Waals surface area contributed by atoms with Gasteiger partial charge in [-0.2, -0.15) is 4.31 Å². The van der Waals surface area contributed by atoms with Crippen LogP contribution >= 0.6 is 0 Å². The molecule has 5 nitrogen and oxygen atoms in total. The number of hydrogen-bond donors (Lipinski definition) is 1. The predicted molar refractivity (Wildman–Crippen MR) is 68.2 cm³/mol. The summed E-state index contributed by atoms with van der Waals surface area (Å²) in [6, 6.07) is 5.32. The van der Waals surface area contributed by atoms with E-state index in [0.717, 1.165) is 0 Å². The number of amides is 1. The second kappa shape index (κ2) is 5.66. The van der Waals surface area contributed by atoms with Crippen molar-refractivity contribution in [1.82, 2.24) is 9.62 Å². The minimum absolute atomic E-state index is 0.149. The molecule has 0 saturated carbocycles. The van der Waals surface area contributed by atoms with Crippen molar-refractivity contribution in [3.05, 3.63) is 35.6 Å². The van der Waals surface area contributed by atoms with Crippen LogP contribution in [0.5, 0.6) is 0 Å². The summed E-state index contributed by atoms with van der Waals surface area (Å²) in [4.78, 5) is 11.4. The van der Waals surface area contributed by atoms with Crippen molar-refractivity contribution in [2.24, 2.45) is 0 Å². The van der Waals surface area contributed by atoms with Gasteiger partial charge in [-0.15, -0.1) is 0 Å².